The molecule has 1 aromatic carbocycles. The van der Waals surface area contributed by atoms with Gasteiger partial charge in [-0.2, -0.15) is 0 Å². The van der Waals surface area contributed by atoms with Crippen molar-refractivity contribution in [2.75, 3.05) is 0 Å². The molecule has 0 aromatic heterocycles. The van der Waals surface area contributed by atoms with Gasteiger partial charge in [0.1, 0.15) is 0 Å². The molecular weight excluding hydrogens is 237 g/mol. The Labute approximate surface area is 85.0 Å². The molecule has 64 valence electrons. The van der Waals surface area contributed by atoms with E-state index in [1.54, 1.807) is 0 Å². The zero-order valence-electron chi connectivity index (χ0n) is 6.48. The van der Waals surface area contributed by atoms with Gasteiger partial charge >= 0.3 is 0 Å². The number of fused-ring (bicyclic) bond motifs is 1. The summed E-state index contributed by atoms with van der Waals surface area (Å²) in [6, 6.07) is 4.17. The van der Waals surface area contributed by atoms with Crippen LogP contribution in [0.5, 0.6) is 0 Å². The van der Waals surface area contributed by atoms with Gasteiger partial charge in [0.15, 0.2) is 0 Å². The predicted molar refractivity (Wildman–Crippen MR) is 54.4 cm³/mol. The topological polar surface area (TPSA) is 26.0 Å². The van der Waals surface area contributed by atoms with Crippen LogP contribution in [0.2, 0.25) is 5.02 Å². The van der Waals surface area contributed by atoms with Crippen molar-refractivity contribution in [2.24, 2.45) is 5.73 Å². The summed E-state index contributed by atoms with van der Waals surface area (Å²) >= 11 is 9.46. The van der Waals surface area contributed by atoms with E-state index in [4.69, 9.17) is 17.3 Å². The highest BCUT2D eigenvalue weighted by atomic mass is 79.9. The van der Waals surface area contributed by atoms with Crippen LogP contribution in [0.4, 0.5) is 0 Å². The van der Waals surface area contributed by atoms with Crippen LogP contribution < -0.4 is 5.73 Å². The monoisotopic (exact) mass is 245 g/mol. The summed E-state index contributed by atoms with van der Waals surface area (Å²) in [6.45, 7) is 0. The normalized spacial score (nSPS) is 21.1. The molecule has 1 nitrogen and oxygen atoms in total. The maximum absolute atomic E-state index is 6.05. The minimum absolute atomic E-state index is 0.176. The molecule has 0 saturated carbocycles. The van der Waals surface area contributed by atoms with Gasteiger partial charge < -0.3 is 5.73 Å². The van der Waals surface area contributed by atoms with Gasteiger partial charge in [0.25, 0.3) is 0 Å². The standard InChI is InChI=1S/C9H9BrClN/c10-5-3-7-6(8(11)4-5)1-2-9(7)12/h3-4,9H,1-2,12H2/t9-/m0/s1. The minimum atomic E-state index is 0.176. The maximum Gasteiger partial charge on any atom is 0.0452 e. The maximum atomic E-state index is 6.05. The summed E-state index contributed by atoms with van der Waals surface area (Å²) in [6.07, 6.45) is 2.04. The minimum Gasteiger partial charge on any atom is -0.324 e. The van der Waals surface area contributed by atoms with E-state index in [9.17, 15) is 0 Å². The van der Waals surface area contributed by atoms with Gasteiger partial charge in [-0.25, -0.2) is 0 Å². The second-order valence-electron chi connectivity index (χ2n) is 3.10. The first kappa shape index (κ1) is 8.54. The van der Waals surface area contributed by atoms with Gasteiger partial charge in [-0.1, -0.05) is 27.5 Å². The average molecular weight is 247 g/mol. The SMILES string of the molecule is N[C@H]1CCc2c(Cl)cc(Br)cc21. The van der Waals surface area contributed by atoms with Crippen LogP contribution in [-0.4, -0.2) is 0 Å². The fourth-order valence-corrected chi connectivity index (χ4v) is 2.60. The summed E-state index contributed by atoms with van der Waals surface area (Å²) in [7, 11) is 0. The van der Waals surface area contributed by atoms with Gasteiger partial charge in [-0.05, 0) is 36.1 Å². The molecule has 1 aliphatic rings. The first-order valence-corrected chi connectivity index (χ1v) is 5.09. The molecule has 0 heterocycles. The molecule has 0 radical (unpaired) electrons. The number of hydrogen-bond acceptors (Lipinski definition) is 1. The molecule has 0 bridgehead atoms. The Balaban J connectivity index is 2.60. The Bertz CT molecular complexity index is 325. The van der Waals surface area contributed by atoms with E-state index in [1.807, 2.05) is 6.07 Å². The van der Waals surface area contributed by atoms with Gasteiger partial charge in [0.2, 0.25) is 0 Å². The molecule has 12 heavy (non-hydrogen) atoms. The molecule has 3 heteroatoms. The van der Waals surface area contributed by atoms with Crippen LogP contribution in [0.1, 0.15) is 23.6 Å². The Hall–Kier alpha value is -0.0500. The van der Waals surface area contributed by atoms with Gasteiger partial charge in [0, 0.05) is 15.5 Å². The lowest BCUT2D eigenvalue weighted by molar-refractivity contribution is 0.713. The average Bonchev–Trinajstić information content (AvgIpc) is 2.33. The molecule has 0 unspecified atom stereocenters. The molecule has 0 saturated heterocycles. The predicted octanol–water partition coefficient (Wildman–Crippen LogP) is 3.05. The van der Waals surface area contributed by atoms with E-state index < -0.39 is 0 Å². The van der Waals surface area contributed by atoms with E-state index in [0.717, 1.165) is 22.3 Å². The molecule has 0 spiro atoms. The molecule has 0 amide bonds. The van der Waals surface area contributed by atoms with Gasteiger partial charge in [-0.15, -0.1) is 0 Å². The lowest BCUT2D eigenvalue weighted by Crippen LogP contribution is -2.04. The number of nitrogens with two attached hydrogens (primary N) is 1. The van der Waals surface area contributed by atoms with Crippen molar-refractivity contribution in [1.82, 2.24) is 0 Å². The second kappa shape index (κ2) is 3.02. The van der Waals surface area contributed by atoms with E-state index in [0.29, 0.717) is 0 Å². The molecule has 0 fully saturated rings. The molecule has 2 rings (SSSR count). The van der Waals surface area contributed by atoms with Crippen molar-refractivity contribution in [1.29, 1.82) is 0 Å². The van der Waals surface area contributed by atoms with Crippen molar-refractivity contribution < 1.29 is 0 Å². The summed E-state index contributed by atoms with van der Waals surface area (Å²) in [5.41, 5.74) is 8.34. The van der Waals surface area contributed by atoms with Crippen molar-refractivity contribution in [3.05, 3.63) is 32.8 Å². The van der Waals surface area contributed by atoms with Crippen molar-refractivity contribution >= 4 is 27.5 Å². The Morgan fingerprint density at radius 2 is 2.25 bits per heavy atom. The van der Waals surface area contributed by atoms with E-state index >= 15 is 0 Å². The number of rotatable bonds is 0. The first-order chi connectivity index (χ1) is 5.68. The zero-order valence-corrected chi connectivity index (χ0v) is 8.82. The second-order valence-corrected chi connectivity index (χ2v) is 4.42. The van der Waals surface area contributed by atoms with E-state index in [1.165, 1.54) is 11.1 Å². The smallest absolute Gasteiger partial charge is 0.0452 e. The molecule has 2 N–H and O–H groups in total. The first-order valence-electron chi connectivity index (χ1n) is 3.92. The lowest BCUT2D eigenvalue weighted by atomic mass is 10.1. The van der Waals surface area contributed by atoms with Crippen molar-refractivity contribution in [2.45, 2.75) is 18.9 Å². The van der Waals surface area contributed by atoms with Crippen LogP contribution in [0, 0.1) is 0 Å². The third-order valence-electron chi connectivity index (χ3n) is 2.30. The number of halogens is 2. The largest absolute Gasteiger partial charge is 0.324 e. The summed E-state index contributed by atoms with van der Waals surface area (Å²) in [4.78, 5) is 0. The molecule has 0 aliphatic heterocycles. The third-order valence-corrected chi connectivity index (χ3v) is 3.09. The summed E-state index contributed by atoms with van der Waals surface area (Å²) < 4.78 is 1.02. The Kier molecular flexibility index (Phi) is 2.15. The van der Waals surface area contributed by atoms with Gasteiger partial charge in [0.05, 0.1) is 0 Å². The third kappa shape index (κ3) is 1.28. The van der Waals surface area contributed by atoms with E-state index in [-0.39, 0.29) is 6.04 Å². The van der Waals surface area contributed by atoms with Crippen LogP contribution in [0.15, 0.2) is 16.6 Å². The van der Waals surface area contributed by atoms with Gasteiger partial charge in [-0.3, -0.25) is 0 Å². The number of hydrogen-bond donors (Lipinski definition) is 1. The summed E-state index contributed by atoms with van der Waals surface area (Å²) in [5.74, 6) is 0. The molecular formula is C9H9BrClN. The fourth-order valence-electron chi connectivity index (χ4n) is 1.67. The highest BCUT2D eigenvalue weighted by Gasteiger charge is 2.21. The van der Waals surface area contributed by atoms with Crippen LogP contribution in [0.25, 0.3) is 0 Å². The Morgan fingerprint density at radius 1 is 1.50 bits per heavy atom. The summed E-state index contributed by atoms with van der Waals surface area (Å²) in [5, 5.41) is 0.840. The van der Waals surface area contributed by atoms with Crippen LogP contribution in [-0.2, 0) is 6.42 Å². The van der Waals surface area contributed by atoms with Crippen LogP contribution >= 0.6 is 27.5 Å². The molecule has 1 atom stereocenters. The van der Waals surface area contributed by atoms with Crippen molar-refractivity contribution in [3.63, 3.8) is 0 Å². The lowest BCUT2D eigenvalue weighted by Gasteiger charge is -2.06. The fraction of sp³-hybridized carbons (Fsp3) is 0.333. The molecule has 1 aromatic rings. The Morgan fingerprint density at radius 3 is 3.00 bits per heavy atom. The zero-order chi connectivity index (χ0) is 8.72. The molecule has 1 aliphatic carbocycles. The quantitative estimate of drug-likeness (QED) is 0.748. The van der Waals surface area contributed by atoms with E-state index in [2.05, 4.69) is 22.0 Å². The van der Waals surface area contributed by atoms with Crippen molar-refractivity contribution in [3.8, 4) is 0 Å². The van der Waals surface area contributed by atoms with Crippen LogP contribution in [0.3, 0.4) is 0 Å². The highest BCUT2D eigenvalue weighted by molar-refractivity contribution is 9.10. The highest BCUT2D eigenvalue weighted by Crippen LogP contribution is 2.36. The number of benzene rings is 1.